The van der Waals surface area contributed by atoms with E-state index in [0.717, 1.165) is 11.3 Å². The Bertz CT molecular complexity index is 792. The van der Waals surface area contributed by atoms with Gasteiger partial charge in [-0.25, -0.2) is 4.79 Å². The van der Waals surface area contributed by atoms with E-state index in [9.17, 15) is 9.59 Å². The van der Waals surface area contributed by atoms with Crippen molar-refractivity contribution in [2.24, 2.45) is 0 Å². The maximum Gasteiger partial charge on any atom is 0.323 e. The fourth-order valence-corrected chi connectivity index (χ4v) is 3.01. The van der Waals surface area contributed by atoms with Crippen LogP contribution in [-0.2, 0) is 11.2 Å². The molecule has 0 saturated carbocycles. The maximum atomic E-state index is 12.1. The van der Waals surface area contributed by atoms with Crippen LogP contribution in [0.25, 0.3) is 0 Å². The standard InChI is InChI=1S/C18H18ClN3O2/c1-2-22-16-9-8-13(11-12(16)7-10-17(22)23)20-18(24)21-15-6-4-3-5-14(15)19/h3-6,8-9,11H,2,7,10H2,1H3,(H2,20,21,24). The van der Waals surface area contributed by atoms with Crippen molar-refractivity contribution in [2.75, 3.05) is 22.1 Å². The molecule has 0 atom stereocenters. The van der Waals surface area contributed by atoms with E-state index in [0.29, 0.717) is 35.8 Å². The molecule has 2 aromatic rings. The van der Waals surface area contributed by atoms with Crippen LogP contribution in [0.5, 0.6) is 0 Å². The van der Waals surface area contributed by atoms with Crippen molar-refractivity contribution in [3.63, 3.8) is 0 Å². The lowest BCUT2D eigenvalue weighted by molar-refractivity contribution is -0.118. The molecule has 24 heavy (non-hydrogen) atoms. The molecule has 0 spiro atoms. The first-order valence-electron chi connectivity index (χ1n) is 7.84. The van der Waals surface area contributed by atoms with E-state index in [1.807, 2.05) is 19.1 Å². The molecule has 0 aromatic heterocycles. The Labute approximate surface area is 145 Å². The Morgan fingerprint density at radius 3 is 2.71 bits per heavy atom. The smallest absolute Gasteiger partial charge is 0.312 e. The van der Waals surface area contributed by atoms with Crippen LogP contribution >= 0.6 is 11.6 Å². The van der Waals surface area contributed by atoms with Gasteiger partial charge in [0.1, 0.15) is 0 Å². The van der Waals surface area contributed by atoms with Crippen molar-refractivity contribution in [3.8, 4) is 0 Å². The molecule has 0 bridgehead atoms. The maximum absolute atomic E-state index is 12.1. The molecule has 2 N–H and O–H groups in total. The summed E-state index contributed by atoms with van der Waals surface area (Å²) in [4.78, 5) is 25.8. The number of carbonyl (C=O) groups excluding carboxylic acids is 2. The minimum absolute atomic E-state index is 0.141. The molecular weight excluding hydrogens is 326 g/mol. The number of aryl methyl sites for hydroxylation is 1. The summed E-state index contributed by atoms with van der Waals surface area (Å²) < 4.78 is 0. The Kier molecular flexibility index (Phi) is 4.71. The fourth-order valence-electron chi connectivity index (χ4n) is 2.83. The van der Waals surface area contributed by atoms with Crippen LogP contribution in [-0.4, -0.2) is 18.5 Å². The summed E-state index contributed by atoms with van der Waals surface area (Å²) in [5.74, 6) is 0.141. The largest absolute Gasteiger partial charge is 0.323 e. The van der Waals surface area contributed by atoms with E-state index in [1.54, 1.807) is 35.2 Å². The summed E-state index contributed by atoms with van der Waals surface area (Å²) in [5, 5.41) is 6.00. The number of hydrogen-bond acceptors (Lipinski definition) is 2. The molecule has 0 fully saturated rings. The van der Waals surface area contributed by atoms with Crippen molar-refractivity contribution in [3.05, 3.63) is 53.1 Å². The molecule has 2 aromatic carbocycles. The number of rotatable bonds is 3. The molecule has 3 amide bonds. The molecule has 0 saturated heterocycles. The van der Waals surface area contributed by atoms with E-state index in [1.165, 1.54) is 0 Å². The van der Waals surface area contributed by atoms with Gasteiger partial charge < -0.3 is 15.5 Å². The molecule has 0 radical (unpaired) electrons. The third kappa shape index (κ3) is 3.36. The van der Waals surface area contributed by atoms with Crippen molar-refractivity contribution in [1.82, 2.24) is 0 Å². The van der Waals surface area contributed by atoms with Gasteiger partial charge in [0.2, 0.25) is 5.91 Å². The zero-order valence-electron chi connectivity index (χ0n) is 13.3. The van der Waals surface area contributed by atoms with Crippen molar-refractivity contribution in [2.45, 2.75) is 19.8 Å². The number of benzene rings is 2. The average Bonchev–Trinajstić information content (AvgIpc) is 2.57. The summed E-state index contributed by atoms with van der Waals surface area (Å²) in [5.41, 5.74) is 3.22. The van der Waals surface area contributed by atoms with Gasteiger partial charge in [0, 0.05) is 24.3 Å². The van der Waals surface area contributed by atoms with Gasteiger partial charge in [-0.15, -0.1) is 0 Å². The number of hydrogen-bond donors (Lipinski definition) is 2. The first-order chi connectivity index (χ1) is 11.6. The SMILES string of the molecule is CCN1C(=O)CCc2cc(NC(=O)Nc3ccccc3Cl)ccc21. The normalized spacial score (nSPS) is 13.4. The highest BCUT2D eigenvalue weighted by Gasteiger charge is 2.22. The highest BCUT2D eigenvalue weighted by Crippen LogP contribution is 2.30. The van der Waals surface area contributed by atoms with Crippen LogP contribution in [0, 0.1) is 0 Å². The lowest BCUT2D eigenvalue weighted by Crippen LogP contribution is -2.34. The van der Waals surface area contributed by atoms with Crippen molar-refractivity contribution < 1.29 is 9.59 Å². The number of carbonyl (C=O) groups is 2. The van der Waals surface area contributed by atoms with Gasteiger partial charge in [0.25, 0.3) is 0 Å². The van der Waals surface area contributed by atoms with Crippen LogP contribution in [0.4, 0.5) is 21.9 Å². The van der Waals surface area contributed by atoms with Crippen molar-refractivity contribution in [1.29, 1.82) is 0 Å². The first-order valence-corrected chi connectivity index (χ1v) is 8.22. The van der Waals surface area contributed by atoms with E-state index in [-0.39, 0.29) is 11.9 Å². The summed E-state index contributed by atoms with van der Waals surface area (Å²) in [6.07, 6.45) is 1.18. The number of urea groups is 1. The first kappa shape index (κ1) is 16.3. The predicted octanol–water partition coefficient (Wildman–Crippen LogP) is 4.28. The lowest BCUT2D eigenvalue weighted by atomic mass is 10.0. The Balaban J connectivity index is 1.73. The molecule has 1 heterocycles. The second kappa shape index (κ2) is 6.93. The topological polar surface area (TPSA) is 61.4 Å². The Morgan fingerprint density at radius 1 is 1.17 bits per heavy atom. The van der Waals surface area contributed by atoms with Gasteiger partial charge in [-0.3, -0.25) is 4.79 Å². The van der Waals surface area contributed by atoms with E-state index in [2.05, 4.69) is 10.6 Å². The van der Waals surface area contributed by atoms with Gasteiger partial charge >= 0.3 is 6.03 Å². The van der Waals surface area contributed by atoms with Crippen LogP contribution in [0.2, 0.25) is 5.02 Å². The Morgan fingerprint density at radius 2 is 1.96 bits per heavy atom. The molecule has 3 rings (SSSR count). The van der Waals surface area contributed by atoms with Gasteiger partial charge in [-0.1, -0.05) is 23.7 Å². The third-order valence-corrected chi connectivity index (χ3v) is 4.31. The zero-order valence-corrected chi connectivity index (χ0v) is 14.1. The number of nitrogens with one attached hydrogen (secondary N) is 2. The molecule has 1 aliphatic rings. The minimum atomic E-state index is -0.359. The van der Waals surface area contributed by atoms with E-state index >= 15 is 0 Å². The molecular formula is C18H18ClN3O2. The van der Waals surface area contributed by atoms with Crippen LogP contribution < -0.4 is 15.5 Å². The second-order valence-electron chi connectivity index (χ2n) is 5.54. The average molecular weight is 344 g/mol. The second-order valence-corrected chi connectivity index (χ2v) is 5.95. The molecule has 5 nitrogen and oxygen atoms in total. The quantitative estimate of drug-likeness (QED) is 0.873. The number of anilines is 3. The minimum Gasteiger partial charge on any atom is -0.312 e. The van der Waals surface area contributed by atoms with Crippen molar-refractivity contribution >= 4 is 40.6 Å². The summed E-state index contributed by atoms with van der Waals surface area (Å²) >= 11 is 6.03. The fraction of sp³-hybridized carbons (Fsp3) is 0.222. The molecule has 0 unspecified atom stereocenters. The van der Waals surface area contributed by atoms with E-state index < -0.39 is 0 Å². The summed E-state index contributed by atoms with van der Waals surface area (Å²) in [6, 6.07) is 12.3. The number of para-hydroxylation sites is 1. The summed E-state index contributed by atoms with van der Waals surface area (Å²) in [6.45, 7) is 2.60. The molecule has 1 aliphatic heterocycles. The van der Waals surface area contributed by atoms with Crippen LogP contribution in [0.3, 0.4) is 0 Å². The van der Waals surface area contributed by atoms with Crippen LogP contribution in [0.15, 0.2) is 42.5 Å². The molecule has 6 heteroatoms. The lowest BCUT2D eigenvalue weighted by Gasteiger charge is -2.28. The number of amides is 3. The van der Waals surface area contributed by atoms with Crippen LogP contribution in [0.1, 0.15) is 18.9 Å². The zero-order chi connectivity index (χ0) is 17.1. The summed E-state index contributed by atoms with van der Waals surface area (Å²) in [7, 11) is 0. The molecule has 124 valence electrons. The number of fused-ring (bicyclic) bond motifs is 1. The Hall–Kier alpha value is -2.53. The van der Waals surface area contributed by atoms with Gasteiger partial charge in [-0.2, -0.15) is 0 Å². The van der Waals surface area contributed by atoms with Gasteiger partial charge in [-0.05, 0) is 49.2 Å². The third-order valence-electron chi connectivity index (χ3n) is 3.98. The van der Waals surface area contributed by atoms with Gasteiger partial charge in [0.05, 0.1) is 10.7 Å². The molecule has 0 aliphatic carbocycles. The monoisotopic (exact) mass is 343 g/mol. The highest BCUT2D eigenvalue weighted by atomic mass is 35.5. The number of nitrogens with zero attached hydrogens (tertiary/aromatic N) is 1. The highest BCUT2D eigenvalue weighted by molar-refractivity contribution is 6.33. The predicted molar refractivity (Wildman–Crippen MR) is 96.9 cm³/mol. The number of halogens is 1. The van der Waals surface area contributed by atoms with E-state index in [4.69, 9.17) is 11.6 Å². The van der Waals surface area contributed by atoms with Gasteiger partial charge in [0.15, 0.2) is 0 Å².